The first-order chi connectivity index (χ1) is 7.68. The quantitative estimate of drug-likeness (QED) is 0.720. The predicted octanol–water partition coefficient (Wildman–Crippen LogP) is 1.72. The minimum absolute atomic E-state index is 0.161. The molecular weight excluding hydrogens is 202 g/mol. The maximum atomic E-state index is 11.4. The number of rotatable bonds is 3. The van der Waals surface area contributed by atoms with Gasteiger partial charge < -0.3 is 0 Å². The van der Waals surface area contributed by atoms with Crippen molar-refractivity contribution in [2.24, 2.45) is 0 Å². The van der Waals surface area contributed by atoms with Crippen LogP contribution in [-0.2, 0) is 9.59 Å². The van der Waals surface area contributed by atoms with Crippen molar-refractivity contribution in [2.75, 3.05) is 6.54 Å². The lowest BCUT2D eigenvalue weighted by atomic mass is 10.0. The summed E-state index contributed by atoms with van der Waals surface area (Å²) in [6.07, 6.45) is 2.64. The maximum absolute atomic E-state index is 11.4. The van der Waals surface area contributed by atoms with Gasteiger partial charge in [-0.1, -0.05) is 37.3 Å². The van der Waals surface area contributed by atoms with Crippen LogP contribution in [0.1, 0.15) is 18.4 Å². The van der Waals surface area contributed by atoms with Crippen molar-refractivity contribution in [1.29, 1.82) is 0 Å². The monoisotopic (exact) mass is 215 g/mol. The fraction of sp³-hybridized carbons (Fsp3) is 0.231. The van der Waals surface area contributed by atoms with Crippen molar-refractivity contribution in [3.05, 3.63) is 48.0 Å². The summed E-state index contributed by atoms with van der Waals surface area (Å²) in [6.45, 7) is 2.45. The standard InChI is InChI=1S/C13H13NO2/c1-10(11-5-3-2-4-6-11)9-14-12(15)7-8-13(14)16/h2-8,10H,9H2,1H3. The summed E-state index contributed by atoms with van der Waals surface area (Å²) < 4.78 is 0. The fourth-order valence-corrected chi connectivity index (χ4v) is 1.77. The zero-order valence-corrected chi connectivity index (χ0v) is 9.09. The Morgan fingerprint density at radius 1 is 1.06 bits per heavy atom. The summed E-state index contributed by atoms with van der Waals surface area (Å²) >= 11 is 0. The van der Waals surface area contributed by atoms with Gasteiger partial charge in [0, 0.05) is 18.7 Å². The molecule has 3 nitrogen and oxygen atoms in total. The Labute approximate surface area is 94.4 Å². The number of nitrogens with zero attached hydrogens (tertiary/aromatic N) is 1. The smallest absolute Gasteiger partial charge is 0.253 e. The zero-order chi connectivity index (χ0) is 11.5. The van der Waals surface area contributed by atoms with Crippen molar-refractivity contribution in [3.63, 3.8) is 0 Å². The fourth-order valence-electron chi connectivity index (χ4n) is 1.77. The number of imide groups is 1. The highest BCUT2D eigenvalue weighted by Gasteiger charge is 2.25. The molecule has 16 heavy (non-hydrogen) atoms. The number of hydrogen-bond donors (Lipinski definition) is 0. The van der Waals surface area contributed by atoms with Crippen LogP contribution in [0.25, 0.3) is 0 Å². The van der Waals surface area contributed by atoms with E-state index >= 15 is 0 Å². The van der Waals surface area contributed by atoms with Gasteiger partial charge in [-0.15, -0.1) is 0 Å². The molecule has 1 heterocycles. The lowest BCUT2D eigenvalue weighted by Gasteiger charge is -2.19. The molecule has 1 aromatic carbocycles. The van der Waals surface area contributed by atoms with Crippen LogP contribution in [0.15, 0.2) is 42.5 Å². The average Bonchev–Trinajstić information content (AvgIpc) is 2.62. The molecule has 0 bridgehead atoms. The largest absolute Gasteiger partial charge is 0.275 e. The van der Waals surface area contributed by atoms with Crippen molar-refractivity contribution >= 4 is 11.8 Å². The molecule has 1 aliphatic rings. The van der Waals surface area contributed by atoms with Gasteiger partial charge in [-0.25, -0.2) is 0 Å². The van der Waals surface area contributed by atoms with Crippen LogP contribution >= 0.6 is 0 Å². The Morgan fingerprint density at radius 3 is 2.19 bits per heavy atom. The molecule has 0 radical (unpaired) electrons. The van der Waals surface area contributed by atoms with Crippen LogP contribution in [0.2, 0.25) is 0 Å². The third-order valence-corrected chi connectivity index (χ3v) is 2.73. The van der Waals surface area contributed by atoms with Crippen LogP contribution in [0.3, 0.4) is 0 Å². The van der Waals surface area contributed by atoms with Crippen molar-refractivity contribution in [1.82, 2.24) is 4.90 Å². The van der Waals surface area contributed by atoms with E-state index in [-0.39, 0.29) is 17.7 Å². The molecular formula is C13H13NO2. The highest BCUT2D eigenvalue weighted by atomic mass is 16.2. The maximum Gasteiger partial charge on any atom is 0.253 e. The lowest BCUT2D eigenvalue weighted by Crippen LogP contribution is -2.33. The van der Waals surface area contributed by atoms with E-state index in [9.17, 15) is 9.59 Å². The van der Waals surface area contributed by atoms with Crippen molar-refractivity contribution < 1.29 is 9.59 Å². The predicted molar refractivity (Wildman–Crippen MR) is 60.7 cm³/mol. The Balaban J connectivity index is 2.06. The summed E-state index contributed by atoms with van der Waals surface area (Å²) in [5, 5.41) is 0. The number of benzene rings is 1. The first kappa shape index (κ1) is 10.6. The number of carbonyl (C=O) groups is 2. The van der Waals surface area contributed by atoms with Gasteiger partial charge in [0.1, 0.15) is 0 Å². The summed E-state index contributed by atoms with van der Waals surface area (Å²) in [5.41, 5.74) is 1.13. The van der Waals surface area contributed by atoms with Crippen LogP contribution in [0, 0.1) is 0 Å². The molecule has 2 amide bonds. The van der Waals surface area contributed by atoms with Crippen LogP contribution < -0.4 is 0 Å². The van der Waals surface area contributed by atoms with Gasteiger partial charge in [-0.3, -0.25) is 14.5 Å². The van der Waals surface area contributed by atoms with E-state index < -0.39 is 0 Å². The van der Waals surface area contributed by atoms with E-state index in [0.29, 0.717) is 6.54 Å². The lowest BCUT2D eigenvalue weighted by molar-refractivity contribution is -0.137. The van der Waals surface area contributed by atoms with Crippen LogP contribution in [0.4, 0.5) is 0 Å². The summed E-state index contributed by atoms with van der Waals surface area (Å²) in [6, 6.07) is 9.87. The van der Waals surface area contributed by atoms with Crippen LogP contribution in [0.5, 0.6) is 0 Å². The Hall–Kier alpha value is -1.90. The van der Waals surface area contributed by atoms with E-state index in [1.54, 1.807) is 0 Å². The van der Waals surface area contributed by atoms with Gasteiger partial charge in [-0.2, -0.15) is 0 Å². The van der Waals surface area contributed by atoms with E-state index in [2.05, 4.69) is 0 Å². The number of hydrogen-bond acceptors (Lipinski definition) is 2. The second-order valence-corrected chi connectivity index (χ2v) is 3.93. The van der Waals surface area contributed by atoms with Gasteiger partial charge in [0.15, 0.2) is 0 Å². The molecule has 1 aliphatic heterocycles. The van der Waals surface area contributed by atoms with Gasteiger partial charge >= 0.3 is 0 Å². The highest BCUT2D eigenvalue weighted by Crippen LogP contribution is 2.17. The van der Waals surface area contributed by atoms with Crippen LogP contribution in [-0.4, -0.2) is 23.3 Å². The highest BCUT2D eigenvalue weighted by molar-refractivity contribution is 6.12. The van der Waals surface area contributed by atoms with E-state index in [4.69, 9.17) is 0 Å². The molecule has 2 rings (SSSR count). The Morgan fingerprint density at radius 2 is 1.62 bits per heavy atom. The molecule has 3 heteroatoms. The Kier molecular flexibility index (Phi) is 2.86. The molecule has 0 saturated heterocycles. The van der Waals surface area contributed by atoms with Crippen molar-refractivity contribution in [3.8, 4) is 0 Å². The molecule has 1 aromatic rings. The number of carbonyl (C=O) groups excluding carboxylic acids is 2. The molecule has 0 spiro atoms. The molecule has 0 aliphatic carbocycles. The van der Waals surface area contributed by atoms with E-state index in [1.807, 2.05) is 37.3 Å². The summed E-state index contributed by atoms with van der Waals surface area (Å²) in [4.78, 5) is 24.0. The SMILES string of the molecule is CC(CN1C(=O)C=CC1=O)c1ccccc1. The average molecular weight is 215 g/mol. The second-order valence-electron chi connectivity index (χ2n) is 3.93. The summed E-state index contributed by atoms with van der Waals surface area (Å²) in [5.74, 6) is -0.269. The van der Waals surface area contributed by atoms with E-state index in [0.717, 1.165) is 5.56 Å². The zero-order valence-electron chi connectivity index (χ0n) is 9.09. The van der Waals surface area contributed by atoms with Gasteiger partial charge in [0.2, 0.25) is 0 Å². The Bertz CT molecular complexity index is 419. The first-order valence-electron chi connectivity index (χ1n) is 5.27. The summed E-state index contributed by atoms with van der Waals surface area (Å²) in [7, 11) is 0. The molecule has 0 N–H and O–H groups in total. The first-order valence-corrected chi connectivity index (χ1v) is 5.27. The van der Waals surface area contributed by atoms with Gasteiger partial charge in [0.25, 0.3) is 11.8 Å². The molecule has 0 aromatic heterocycles. The second kappa shape index (κ2) is 4.31. The molecule has 0 fully saturated rings. The minimum Gasteiger partial charge on any atom is -0.275 e. The molecule has 1 unspecified atom stereocenters. The van der Waals surface area contributed by atoms with E-state index in [1.165, 1.54) is 17.1 Å². The molecule has 0 saturated carbocycles. The topological polar surface area (TPSA) is 37.4 Å². The van der Waals surface area contributed by atoms with Gasteiger partial charge in [-0.05, 0) is 11.5 Å². The normalized spacial score (nSPS) is 16.9. The third kappa shape index (κ3) is 2.03. The van der Waals surface area contributed by atoms with Crippen molar-refractivity contribution in [2.45, 2.75) is 12.8 Å². The van der Waals surface area contributed by atoms with Gasteiger partial charge in [0.05, 0.1) is 0 Å². The third-order valence-electron chi connectivity index (χ3n) is 2.73. The molecule has 82 valence electrons. The minimum atomic E-state index is -0.215. The number of amides is 2. The molecule has 1 atom stereocenters.